The Balaban J connectivity index is 1.55. The summed E-state index contributed by atoms with van der Waals surface area (Å²) in [5.74, 6) is 1.09. The Kier molecular flexibility index (Phi) is 10.6. The second-order valence-corrected chi connectivity index (χ2v) is 15.5. The van der Waals surface area contributed by atoms with Crippen LogP contribution >= 0.6 is 0 Å². The van der Waals surface area contributed by atoms with Crippen LogP contribution in [0.4, 0.5) is 10.7 Å². The number of anilines is 1. The first-order valence-corrected chi connectivity index (χ1v) is 18.6. The van der Waals surface area contributed by atoms with Crippen molar-refractivity contribution in [3.63, 3.8) is 0 Å². The number of carbonyl (C=O) groups is 1. The van der Waals surface area contributed by atoms with Crippen LogP contribution in [0.15, 0.2) is 88.7 Å². The van der Waals surface area contributed by atoms with Crippen molar-refractivity contribution in [3.8, 4) is 34.0 Å². The third kappa shape index (κ3) is 8.20. The number of imidazole rings is 1. The summed E-state index contributed by atoms with van der Waals surface area (Å²) in [6, 6.07) is 21.7. The van der Waals surface area contributed by atoms with Crippen molar-refractivity contribution in [1.29, 1.82) is 0 Å². The zero-order valence-electron chi connectivity index (χ0n) is 29.3. The Bertz CT molecular complexity index is 2330. The van der Waals surface area contributed by atoms with Gasteiger partial charge in [-0.3, -0.25) is 5.32 Å². The van der Waals surface area contributed by atoms with Crippen LogP contribution in [-0.2, 0) is 38.9 Å². The lowest BCUT2D eigenvalue weighted by Gasteiger charge is -2.25. The number of aromatic amines is 2. The van der Waals surface area contributed by atoms with Crippen molar-refractivity contribution in [2.24, 2.45) is 0 Å². The molecule has 0 aliphatic rings. The fourth-order valence-corrected chi connectivity index (χ4v) is 8.26. The van der Waals surface area contributed by atoms with Crippen molar-refractivity contribution in [3.05, 3.63) is 90.0 Å². The van der Waals surface area contributed by atoms with Crippen LogP contribution in [0, 0.1) is 0 Å². The second kappa shape index (κ2) is 15.1. The predicted molar refractivity (Wildman–Crippen MR) is 196 cm³/mol. The van der Waals surface area contributed by atoms with Crippen molar-refractivity contribution in [2.75, 3.05) is 19.5 Å². The van der Waals surface area contributed by atoms with E-state index in [9.17, 15) is 13.6 Å². The molecule has 16 nitrogen and oxygen atoms in total. The predicted octanol–water partition coefficient (Wildman–Crippen LogP) is 5.75. The number of hydrogen-bond acceptors (Lipinski definition) is 11. The normalized spacial score (nSPS) is 12.5. The lowest BCUT2D eigenvalue weighted by molar-refractivity contribution is 0.0634. The highest BCUT2D eigenvalue weighted by Crippen LogP contribution is 2.42. The van der Waals surface area contributed by atoms with Gasteiger partial charge >= 0.3 is 6.09 Å². The molecule has 6 aromatic rings. The summed E-state index contributed by atoms with van der Waals surface area (Å²) in [5.41, 5.74) is 1.89. The largest absolute Gasteiger partial charge is 0.497 e. The molecule has 4 aromatic carbocycles. The summed E-state index contributed by atoms with van der Waals surface area (Å²) >= 11 is -2.79. The Hall–Kier alpha value is -5.69. The third-order valence-electron chi connectivity index (χ3n) is 7.93. The fourth-order valence-electron chi connectivity index (χ4n) is 5.60. The number of sulfonamides is 1. The number of H-pyrrole nitrogens is 2. The van der Waals surface area contributed by atoms with Gasteiger partial charge in [0.05, 0.1) is 35.7 Å². The maximum atomic E-state index is 15.2. The summed E-state index contributed by atoms with van der Waals surface area (Å²) in [6.07, 6.45) is -0.734. The molecular weight excluding hydrogens is 725 g/mol. The smallest absolute Gasteiger partial charge is 0.414 e. The van der Waals surface area contributed by atoms with E-state index in [2.05, 4.69) is 35.9 Å². The van der Waals surface area contributed by atoms with Gasteiger partial charge in [0.25, 0.3) is 0 Å². The molecule has 0 fully saturated rings. The molecule has 0 spiro atoms. The Morgan fingerprint density at radius 1 is 0.906 bits per heavy atom. The highest BCUT2D eigenvalue weighted by atomic mass is 32.2. The van der Waals surface area contributed by atoms with Gasteiger partial charge in [-0.2, -0.15) is 9.52 Å². The van der Waals surface area contributed by atoms with E-state index in [4.69, 9.17) is 14.2 Å². The molecule has 18 heteroatoms. The number of nitrogens with zero attached hydrogens (tertiary/aromatic N) is 5. The molecule has 0 aliphatic heterocycles. The van der Waals surface area contributed by atoms with Crippen molar-refractivity contribution in [2.45, 2.75) is 49.3 Å². The minimum atomic E-state index is -4.68. The van der Waals surface area contributed by atoms with Crippen molar-refractivity contribution < 1.29 is 36.2 Å². The number of hydrogen-bond donors (Lipinski definition) is 4. The zero-order chi connectivity index (χ0) is 37.9. The lowest BCUT2D eigenvalue weighted by atomic mass is 9.98. The molecule has 276 valence electrons. The highest BCUT2D eigenvalue weighted by Gasteiger charge is 2.36. The number of amides is 1. The second-order valence-electron chi connectivity index (χ2n) is 12.7. The van der Waals surface area contributed by atoms with E-state index in [1.807, 2.05) is 0 Å². The van der Waals surface area contributed by atoms with Crippen LogP contribution in [0.1, 0.15) is 31.9 Å². The quantitative estimate of drug-likeness (QED) is 0.110. The van der Waals surface area contributed by atoms with Gasteiger partial charge in [-0.25, -0.2) is 22.4 Å². The molecule has 2 aromatic heterocycles. The minimum absolute atomic E-state index is 0.0777. The minimum Gasteiger partial charge on any atom is -0.497 e. The number of ether oxygens (including phenoxy) is 3. The number of benzene rings is 4. The van der Waals surface area contributed by atoms with E-state index in [0.29, 0.717) is 39.2 Å². The number of para-hydroxylation sites is 1. The summed E-state index contributed by atoms with van der Waals surface area (Å²) in [5, 5.41) is 16.9. The molecule has 0 bridgehead atoms. The standard InChI is InChI=1S/C35H36N8O8S2/c1-35(2,3)51-34(44)38-33-36-27-8-6-7-26(30(27)37-33)25-17-18-28(52(45)46)31(29(25)32-39-41-42-40-32)53(47,48)43(19-21-9-13-23(49-4)14-10-21)20-22-11-15-24(50-5)16-12-22/h6-18H,19-20H2,1-5H3,(H,45,46)(H2,36,37,38,44)(H,39,40,41,42). The number of fused-ring (bicyclic) bond motifs is 1. The zero-order valence-corrected chi connectivity index (χ0v) is 30.9. The molecule has 0 radical (unpaired) electrons. The number of aromatic nitrogens is 6. The van der Waals surface area contributed by atoms with E-state index >= 15 is 8.42 Å². The molecule has 1 unspecified atom stereocenters. The number of nitrogens with one attached hydrogen (secondary N) is 3. The SMILES string of the molecule is COc1ccc(CN(Cc2ccc(OC)cc2)S(=O)(=O)c2c(S(=O)O)ccc(-c3cccc4[nH]c(NC(=O)OC(C)(C)C)nc34)c2-c2nn[nH]n2)cc1. The van der Waals surface area contributed by atoms with Crippen molar-refractivity contribution >= 4 is 44.2 Å². The van der Waals surface area contributed by atoms with Gasteiger partial charge < -0.3 is 23.7 Å². The molecule has 0 saturated heterocycles. The van der Waals surface area contributed by atoms with Crippen LogP contribution < -0.4 is 14.8 Å². The third-order valence-corrected chi connectivity index (χ3v) is 10.7. The van der Waals surface area contributed by atoms with Gasteiger partial charge in [-0.15, -0.1) is 10.2 Å². The van der Waals surface area contributed by atoms with Gasteiger partial charge in [0.2, 0.25) is 21.8 Å². The number of carbonyl (C=O) groups excluding carboxylic acids is 1. The summed E-state index contributed by atoms with van der Waals surface area (Å²) in [4.78, 5) is 19.3. The molecule has 4 N–H and O–H groups in total. The van der Waals surface area contributed by atoms with Crippen LogP contribution in [0.5, 0.6) is 11.5 Å². The van der Waals surface area contributed by atoms with Crippen LogP contribution in [0.3, 0.4) is 0 Å². The number of tetrazole rings is 1. The van der Waals surface area contributed by atoms with Gasteiger partial charge in [0.15, 0.2) is 11.1 Å². The fraction of sp³-hybridized carbons (Fsp3) is 0.229. The lowest BCUT2D eigenvalue weighted by Crippen LogP contribution is -2.31. The molecule has 1 amide bonds. The summed E-state index contributed by atoms with van der Waals surface area (Å²) in [6.45, 7) is 4.94. The van der Waals surface area contributed by atoms with Crippen LogP contribution in [0.25, 0.3) is 33.5 Å². The van der Waals surface area contributed by atoms with E-state index in [-0.39, 0.29) is 36.0 Å². The topological polar surface area (TPSA) is 215 Å². The maximum Gasteiger partial charge on any atom is 0.414 e. The van der Waals surface area contributed by atoms with E-state index < -0.39 is 42.6 Å². The molecule has 2 heterocycles. The van der Waals surface area contributed by atoms with Gasteiger partial charge in [-0.05, 0) is 79.1 Å². The first-order valence-electron chi connectivity index (χ1n) is 16.0. The van der Waals surface area contributed by atoms with E-state index in [1.54, 1.807) is 87.5 Å². The molecule has 0 saturated carbocycles. The Labute approximate surface area is 307 Å². The number of rotatable bonds is 12. The van der Waals surface area contributed by atoms with E-state index in [0.717, 1.165) is 0 Å². The summed E-state index contributed by atoms with van der Waals surface area (Å²) in [7, 11) is -1.62. The molecule has 1 atom stereocenters. The summed E-state index contributed by atoms with van der Waals surface area (Å²) < 4.78 is 71.1. The maximum absolute atomic E-state index is 15.2. The van der Waals surface area contributed by atoms with Gasteiger partial charge in [0.1, 0.15) is 22.0 Å². The van der Waals surface area contributed by atoms with Crippen LogP contribution in [-0.4, -0.2) is 78.0 Å². The number of methoxy groups -OCH3 is 2. The first-order chi connectivity index (χ1) is 25.3. The van der Waals surface area contributed by atoms with Gasteiger partial charge in [-0.1, -0.05) is 42.5 Å². The van der Waals surface area contributed by atoms with Crippen LogP contribution in [0.2, 0.25) is 0 Å². The molecule has 0 aliphatic carbocycles. The molecular formula is C35H36N8O8S2. The monoisotopic (exact) mass is 760 g/mol. The Morgan fingerprint density at radius 2 is 1.53 bits per heavy atom. The average molecular weight is 761 g/mol. The van der Waals surface area contributed by atoms with Gasteiger partial charge in [0, 0.05) is 18.7 Å². The highest BCUT2D eigenvalue weighted by molar-refractivity contribution is 7.90. The van der Waals surface area contributed by atoms with Crippen molar-refractivity contribution in [1.82, 2.24) is 34.9 Å². The molecule has 6 rings (SSSR count). The Morgan fingerprint density at radius 3 is 2.06 bits per heavy atom. The average Bonchev–Trinajstić information content (AvgIpc) is 3.81. The van der Waals surface area contributed by atoms with E-state index in [1.165, 1.54) is 30.7 Å². The molecule has 53 heavy (non-hydrogen) atoms. The first kappa shape index (κ1) is 37.1.